The van der Waals surface area contributed by atoms with Crippen LogP contribution in [0.2, 0.25) is 0 Å². The smallest absolute Gasteiger partial charge is 0.319 e. The van der Waals surface area contributed by atoms with Gasteiger partial charge < -0.3 is 20.1 Å². The van der Waals surface area contributed by atoms with Crippen LogP contribution < -0.4 is 20.1 Å². The minimum atomic E-state index is -0.220. The summed E-state index contributed by atoms with van der Waals surface area (Å²) in [7, 11) is 3.17. The normalized spacial score (nSPS) is 16.1. The maximum Gasteiger partial charge on any atom is 0.319 e. The van der Waals surface area contributed by atoms with E-state index in [1.165, 1.54) is 31.2 Å². The number of carbonyl (C=O) groups is 1. The van der Waals surface area contributed by atoms with Gasteiger partial charge in [0.1, 0.15) is 0 Å². The van der Waals surface area contributed by atoms with Crippen molar-refractivity contribution in [1.82, 2.24) is 10.2 Å². The highest BCUT2D eigenvalue weighted by molar-refractivity contribution is 7.07. The Morgan fingerprint density at radius 2 is 1.86 bits per heavy atom. The third-order valence-corrected chi connectivity index (χ3v) is 5.81. The monoisotopic (exact) mass is 403 g/mol. The number of anilines is 1. The van der Waals surface area contributed by atoms with Gasteiger partial charge >= 0.3 is 6.03 Å². The van der Waals surface area contributed by atoms with E-state index in [-0.39, 0.29) is 12.1 Å². The van der Waals surface area contributed by atoms with E-state index in [1.54, 1.807) is 43.8 Å². The fourth-order valence-corrected chi connectivity index (χ4v) is 4.31. The molecule has 1 atom stereocenters. The Kier molecular flexibility index (Phi) is 7.56. The van der Waals surface area contributed by atoms with Crippen LogP contribution in [0.5, 0.6) is 11.5 Å². The molecule has 1 saturated heterocycles. The lowest BCUT2D eigenvalue weighted by molar-refractivity contribution is 0.199. The maximum absolute atomic E-state index is 12.5. The fraction of sp³-hybridized carbons (Fsp3) is 0.476. The van der Waals surface area contributed by atoms with Crippen molar-refractivity contribution in [3.05, 3.63) is 40.6 Å². The van der Waals surface area contributed by atoms with E-state index < -0.39 is 0 Å². The lowest BCUT2D eigenvalue weighted by Crippen LogP contribution is -2.40. The fourth-order valence-electron chi connectivity index (χ4n) is 3.61. The lowest BCUT2D eigenvalue weighted by Gasteiger charge is -2.30. The molecule has 1 fully saturated rings. The minimum absolute atomic E-state index is 0.209. The Labute approximate surface area is 170 Å². The van der Waals surface area contributed by atoms with E-state index in [0.717, 1.165) is 13.1 Å². The number of urea groups is 1. The average molecular weight is 404 g/mol. The van der Waals surface area contributed by atoms with Crippen LogP contribution >= 0.6 is 11.3 Å². The summed E-state index contributed by atoms with van der Waals surface area (Å²) in [4.78, 5) is 15.0. The number of carbonyl (C=O) groups excluding carboxylic acids is 1. The number of nitrogens with zero attached hydrogens (tertiary/aromatic N) is 1. The molecular formula is C21H29N3O3S. The summed E-state index contributed by atoms with van der Waals surface area (Å²) < 4.78 is 10.5. The van der Waals surface area contributed by atoms with Crippen molar-refractivity contribution in [2.45, 2.75) is 31.7 Å². The number of likely N-dealkylation sites (tertiary alicyclic amines) is 1. The summed E-state index contributed by atoms with van der Waals surface area (Å²) in [6.07, 6.45) is 5.02. The van der Waals surface area contributed by atoms with Gasteiger partial charge in [-0.05, 0) is 60.5 Å². The number of ether oxygens (including phenoxy) is 2. The molecule has 1 aromatic carbocycles. The lowest BCUT2D eigenvalue weighted by atomic mass is 10.1. The Morgan fingerprint density at radius 3 is 2.50 bits per heavy atom. The van der Waals surface area contributed by atoms with Crippen LogP contribution in [-0.4, -0.2) is 44.8 Å². The van der Waals surface area contributed by atoms with Crippen molar-refractivity contribution in [2.75, 3.05) is 39.2 Å². The van der Waals surface area contributed by atoms with Crippen LogP contribution in [0.3, 0.4) is 0 Å². The predicted molar refractivity (Wildman–Crippen MR) is 114 cm³/mol. The molecule has 2 heterocycles. The molecule has 152 valence electrons. The van der Waals surface area contributed by atoms with Gasteiger partial charge in [0.15, 0.2) is 11.5 Å². The van der Waals surface area contributed by atoms with Gasteiger partial charge in [-0.25, -0.2) is 4.79 Å². The Bertz CT molecular complexity index is 743. The molecule has 1 aromatic heterocycles. The Hall–Kier alpha value is -2.25. The van der Waals surface area contributed by atoms with Gasteiger partial charge in [-0.15, -0.1) is 0 Å². The highest BCUT2D eigenvalue weighted by atomic mass is 32.1. The number of hydrogen-bond acceptors (Lipinski definition) is 5. The van der Waals surface area contributed by atoms with Crippen LogP contribution in [-0.2, 0) is 0 Å². The van der Waals surface area contributed by atoms with Gasteiger partial charge in [-0.1, -0.05) is 12.8 Å². The average Bonchev–Trinajstić information content (AvgIpc) is 3.11. The molecular weight excluding hydrogens is 374 g/mol. The Morgan fingerprint density at radius 1 is 1.11 bits per heavy atom. The van der Waals surface area contributed by atoms with Crippen LogP contribution in [0.1, 0.15) is 37.3 Å². The molecule has 28 heavy (non-hydrogen) atoms. The summed E-state index contributed by atoms with van der Waals surface area (Å²) in [5, 5.41) is 10.2. The van der Waals surface area contributed by atoms with Crippen molar-refractivity contribution in [2.24, 2.45) is 0 Å². The molecule has 1 aliphatic heterocycles. The van der Waals surface area contributed by atoms with Crippen molar-refractivity contribution in [1.29, 1.82) is 0 Å². The second-order valence-electron chi connectivity index (χ2n) is 6.93. The van der Waals surface area contributed by atoms with Gasteiger partial charge in [0.25, 0.3) is 0 Å². The Balaban J connectivity index is 1.62. The minimum Gasteiger partial charge on any atom is -0.493 e. The van der Waals surface area contributed by atoms with E-state index in [1.807, 2.05) is 0 Å². The van der Waals surface area contributed by atoms with Crippen molar-refractivity contribution < 1.29 is 14.3 Å². The van der Waals surface area contributed by atoms with E-state index >= 15 is 0 Å². The second-order valence-corrected chi connectivity index (χ2v) is 7.71. The summed E-state index contributed by atoms with van der Waals surface area (Å²) in [5.41, 5.74) is 1.94. The molecule has 2 amide bonds. The molecule has 2 aromatic rings. The van der Waals surface area contributed by atoms with E-state index in [4.69, 9.17) is 9.47 Å². The highest BCUT2D eigenvalue weighted by Crippen LogP contribution is 2.30. The number of hydrogen-bond donors (Lipinski definition) is 2. The number of nitrogens with one attached hydrogen (secondary N) is 2. The van der Waals surface area contributed by atoms with Gasteiger partial charge in [-0.2, -0.15) is 11.3 Å². The van der Waals surface area contributed by atoms with Gasteiger partial charge in [0.05, 0.1) is 20.3 Å². The van der Waals surface area contributed by atoms with E-state index in [2.05, 4.69) is 32.4 Å². The summed E-state index contributed by atoms with van der Waals surface area (Å²) >= 11 is 1.70. The number of rotatable bonds is 7. The molecule has 3 rings (SSSR count). The van der Waals surface area contributed by atoms with E-state index in [0.29, 0.717) is 23.7 Å². The maximum atomic E-state index is 12.5. The zero-order valence-electron chi connectivity index (χ0n) is 16.6. The third-order valence-electron chi connectivity index (χ3n) is 5.11. The van der Waals surface area contributed by atoms with Crippen molar-refractivity contribution >= 4 is 23.1 Å². The van der Waals surface area contributed by atoms with Gasteiger partial charge in [-0.3, -0.25) is 4.90 Å². The SMILES string of the molecule is COc1ccc(NC(=O)NC[C@H](c2ccsc2)N2CCCCCC2)cc1OC. The first-order chi connectivity index (χ1) is 13.7. The molecule has 2 N–H and O–H groups in total. The van der Waals surface area contributed by atoms with Crippen LogP contribution in [0.15, 0.2) is 35.0 Å². The van der Waals surface area contributed by atoms with Crippen LogP contribution in [0.25, 0.3) is 0 Å². The molecule has 0 radical (unpaired) electrons. The number of thiophene rings is 1. The molecule has 0 unspecified atom stereocenters. The van der Waals surface area contributed by atoms with Crippen LogP contribution in [0.4, 0.5) is 10.5 Å². The van der Waals surface area contributed by atoms with Crippen molar-refractivity contribution in [3.8, 4) is 11.5 Å². The number of benzene rings is 1. The number of methoxy groups -OCH3 is 2. The van der Waals surface area contributed by atoms with Crippen LogP contribution in [0, 0.1) is 0 Å². The van der Waals surface area contributed by atoms with E-state index in [9.17, 15) is 4.79 Å². The topological polar surface area (TPSA) is 62.8 Å². The molecule has 0 spiro atoms. The molecule has 0 aliphatic carbocycles. The van der Waals surface area contributed by atoms with Gasteiger partial charge in [0.2, 0.25) is 0 Å². The molecule has 0 saturated carbocycles. The zero-order chi connectivity index (χ0) is 19.8. The highest BCUT2D eigenvalue weighted by Gasteiger charge is 2.22. The standard InChI is InChI=1S/C21H29N3O3S/c1-26-19-8-7-17(13-20(19)27-2)23-21(25)22-14-18(16-9-12-28-15-16)24-10-5-3-4-6-11-24/h7-9,12-13,15,18H,3-6,10-11,14H2,1-2H3,(H2,22,23,25)/t18-/m1/s1. The third kappa shape index (κ3) is 5.39. The predicted octanol–water partition coefficient (Wildman–Crippen LogP) is 4.50. The second kappa shape index (κ2) is 10.3. The summed E-state index contributed by atoms with van der Waals surface area (Å²) in [5.74, 6) is 1.22. The summed E-state index contributed by atoms with van der Waals surface area (Å²) in [6, 6.07) is 7.48. The first kappa shape index (κ1) is 20.5. The number of amides is 2. The largest absolute Gasteiger partial charge is 0.493 e. The molecule has 6 nitrogen and oxygen atoms in total. The molecule has 0 bridgehead atoms. The zero-order valence-corrected chi connectivity index (χ0v) is 17.4. The van der Waals surface area contributed by atoms with Crippen molar-refractivity contribution in [3.63, 3.8) is 0 Å². The molecule has 1 aliphatic rings. The first-order valence-corrected chi connectivity index (χ1v) is 10.7. The molecule has 7 heteroatoms. The summed E-state index contributed by atoms with van der Waals surface area (Å²) in [6.45, 7) is 2.74. The first-order valence-electron chi connectivity index (χ1n) is 9.74. The van der Waals surface area contributed by atoms with Gasteiger partial charge in [0, 0.05) is 18.3 Å². The quantitative estimate of drug-likeness (QED) is 0.714.